The van der Waals surface area contributed by atoms with Gasteiger partial charge in [0.25, 0.3) is 0 Å². The summed E-state index contributed by atoms with van der Waals surface area (Å²) in [5.74, 6) is -0.259. The number of ether oxygens (including phenoxy) is 1. The summed E-state index contributed by atoms with van der Waals surface area (Å²) in [5.41, 5.74) is 5.19. The van der Waals surface area contributed by atoms with Crippen LogP contribution in [0.15, 0.2) is 0 Å². The van der Waals surface area contributed by atoms with E-state index in [0.717, 1.165) is 0 Å². The maximum atomic E-state index is 12.4. The molecular weight excluding hydrogens is 215 g/mol. The molecule has 15 heavy (non-hydrogen) atoms. The van der Waals surface area contributed by atoms with Gasteiger partial charge in [-0.3, -0.25) is 0 Å². The summed E-state index contributed by atoms with van der Waals surface area (Å²) < 4.78 is 40.1. The molecule has 0 radical (unpaired) electrons. The van der Waals surface area contributed by atoms with Crippen LogP contribution in [0.3, 0.4) is 0 Å². The van der Waals surface area contributed by atoms with Crippen LogP contribution in [0.5, 0.6) is 6.01 Å². The Bertz CT molecular complexity index is 337. The number of halogens is 3. The van der Waals surface area contributed by atoms with Gasteiger partial charge in [0.2, 0.25) is 11.9 Å². The molecule has 0 aliphatic heterocycles. The van der Waals surface area contributed by atoms with Gasteiger partial charge < -0.3 is 15.8 Å². The van der Waals surface area contributed by atoms with E-state index in [1.807, 2.05) is 0 Å². The molecule has 1 aromatic rings. The van der Waals surface area contributed by atoms with Gasteiger partial charge in [-0.15, -0.1) is 0 Å². The predicted molar refractivity (Wildman–Crippen MR) is 45.3 cm³/mol. The van der Waals surface area contributed by atoms with Crippen molar-refractivity contribution in [2.24, 2.45) is 0 Å². The normalized spacial score (nSPS) is 12.6. The number of nitrogens with two attached hydrogens (primary N) is 1. The Balaban J connectivity index is 2.80. The number of nitrogens with one attached hydrogen (secondary N) is 1. The largest absolute Gasteiger partial charge is 0.422 e. The number of hydrogen-bond donors (Lipinski definition) is 2. The van der Waals surface area contributed by atoms with E-state index in [4.69, 9.17) is 5.73 Å². The molecule has 9 heteroatoms. The first-order valence-electron chi connectivity index (χ1n) is 3.81. The first-order valence-corrected chi connectivity index (χ1v) is 3.81. The van der Waals surface area contributed by atoms with E-state index in [0.29, 0.717) is 0 Å². The second-order valence-electron chi connectivity index (χ2n) is 2.35. The van der Waals surface area contributed by atoms with E-state index >= 15 is 0 Å². The van der Waals surface area contributed by atoms with Crippen LogP contribution in [0.4, 0.5) is 25.1 Å². The second kappa shape index (κ2) is 4.62. The van der Waals surface area contributed by atoms with Crippen molar-refractivity contribution in [2.45, 2.75) is 12.8 Å². The minimum atomic E-state index is -3.28. The van der Waals surface area contributed by atoms with Gasteiger partial charge in [-0.1, -0.05) is 0 Å². The zero-order chi connectivity index (χ0) is 11.4. The number of aromatic nitrogens is 3. The van der Waals surface area contributed by atoms with Crippen molar-refractivity contribution in [3.63, 3.8) is 0 Å². The quantitative estimate of drug-likeness (QED) is 0.770. The zero-order valence-corrected chi connectivity index (χ0v) is 7.62. The van der Waals surface area contributed by atoms with Crippen LogP contribution in [0, 0.1) is 0 Å². The van der Waals surface area contributed by atoms with Crippen molar-refractivity contribution < 1.29 is 17.9 Å². The van der Waals surface area contributed by atoms with Gasteiger partial charge in [-0.05, 0) is 0 Å². The monoisotopic (exact) mass is 223 g/mol. The lowest BCUT2D eigenvalue weighted by Gasteiger charge is -2.09. The molecule has 0 saturated carbocycles. The van der Waals surface area contributed by atoms with Gasteiger partial charge in [0.1, 0.15) is 0 Å². The molecule has 1 aromatic heterocycles. The topological polar surface area (TPSA) is 86.0 Å². The van der Waals surface area contributed by atoms with Crippen molar-refractivity contribution in [3.8, 4) is 6.01 Å². The Hall–Kier alpha value is -1.80. The third-order valence-corrected chi connectivity index (χ3v) is 1.27. The van der Waals surface area contributed by atoms with Crippen LogP contribution in [0.2, 0.25) is 0 Å². The maximum absolute atomic E-state index is 12.4. The summed E-state index contributed by atoms with van der Waals surface area (Å²) in [6.07, 6.45) is -6.07. The van der Waals surface area contributed by atoms with Gasteiger partial charge in [0, 0.05) is 7.05 Å². The molecule has 0 bridgehead atoms. The highest BCUT2D eigenvalue weighted by molar-refractivity contribution is 5.31. The molecule has 6 nitrogen and oxygen atoms in total. The predicted octanol–water partition coefficient (Wildman–Crippen LogP) is 0.435. The highest BCUT2D eigenvalue weighted by atomic mass is 19.3. The molecule has 3 N–H and O–H groups in total. The number of rotatable bonds is 4. The second-order valence-corrected chi connectivity index (χ2v) is 2.35. The molecule has 0 fully saturated rings. The van der Waals surface area contributed by atoms with E-state index < -0.39 is 18.8 Å². The SMILES string of the molecule is CNc1nc(N)nc(OC(F)C(F)F)n1. The number of nitrogen functional groups attached to an aromatic ring is 1. The van der Waals surface area contributed by atoms with E-state index in [1.54, 1.807) is 0 Å². The Morgan fingerprint density at radius 2 is 1.93 bits per heavy atom. The zero-order valence-electron chi connectivity index (χ0n) is 7.62. The molecule has 0 aliphatic rings. The Labute approximate surface area is 82.7 Å². The van der Waals surface area contributed by atoms with Crippen LogP contribution < -0.4 is 15.8 Å². The lowest BCUT2D eigenvalue weighted by Crippen LogP contribution is -2.21. The molecule has 0 amide bonds. The standard InChI is InChI=1S/C6H8F3N5O/c1-11-5-12-4(10)13-6(14-5)15-3(9)2(7)8/h2-3H,1H3,(H3,10,11,12,13,14). The smallest absolute Gasteiger partial charge is 0.325 e. The van der Waals surface area contributed by atoms with Crippen LogP contribution in [0.1, 0.15) is 0 Å². The highest BCUT2D eigenvalue weighted by Gasteiger charge is 2.22. The summed E-state index contributed by atoms with van der Waals surface area (Å²) in [5, 5.41) is 2.48. The Morgan fingerprint density at radius 1 is 1.27 bits per heavy atom. The minimum absolute atomic E-state index is 0.000957. The van der Waals surface area contributed by atoms with Crippen LogP contribution >= 0.6 is 0 Å². The van der Waals surface area contributed by atoms with Crippen molar-refractivity contribution in [3.05, 3.63) is 0 Å². The lowest BCUT2D eigenvalue weighted by molar-refractivity contribution is -0.0712. The van der Waals surface area contributed by atoms with Gasteiger partial charge >= 0.3 is 18.8 Å². The average Bonchev–Trinajstić information content (AvgIpc) is 2.16. The van der Waals surface area contributed by atoms with Crippen LogP contribution in [0.25, 0.3) is 0 Å². The molecule has 1 unspecified atom stereocenters. The minimum Gasteiger partial charge on any atom is -0.422 e. The first-order chi connectivity index (χ1) is 7.02. The molecule has 84 valence electrons. The summed E-state index contributed by atoms with van der Waals surface area (Å²) >= 11 is 0. The fraction of sp³-hybridized carbons (Fsp3) is 0.500. The molecule has 1 atom stereocenters. The van der Waals surface area contributed by atoms with E-state index in [9.17, 15) is 13.2 Å². The van der Waals surface area contributed by atoms with Crippen LogP contribution in [-0.2, 0) is 0 Å². The summed E-state index contributed by atoms with van der Waals surface area (Å²) in [7, 11) is 1.47. The van der Waals surface area contributed by atoms with Crippen molar-refractivity contribution in [1.29, 1.82) is 0 Å². The molecular formula is C6H8F3N5O. The summed E-state index contributed by atoms with van der Waals surface area (Å²) in [4.78, 5) is 10.3. The molecule has 1 rings (SSSR count). The van der Waals surface area contributed by atoms with E-state index in [-0.39, 0.29) is 11.9 Å². The van der Waals surface area contributed by atoms with Gasteiger partial charge in [-0.25, -0.2) is 8.78 Å². The number of nitrogens with zero attached hydrogens (tertiary/aromatic N) is 3. The molecule has 0 saturated heterocycles. The van der Waals surface area contributed by atoms with Crippen molar-refractivity contribution in [2.75, 3.05) is 18.1 Å². The van der Waals surface area contributed by atoms with Crippen molar-refractivity contribution in [1.82, 2.24) is 15.0 Å². The third kappa shape index (κ3) is 3.11. The van der Waals surface area contributed by atoms with Crippen molar-refractivity contribution >= 4 is 11.9 Å². The number of alkyl halides is 3. The molecule has 0 aliphatic carbocycles. The van der Waals surface area contributed by atoms with E-state index in [2.05, 4.69) is 25.0 Å². The number of hydrogen-bond acceptors (Lipinski definition) is 6. The van der Waals surface area contributed by atoms with Gasteiger partial charge in [-0.2, -0.15) is 19.3 Å². The Kier molecular flexibility index (Phi) is 3.47. The average molecular weight is 223 g/mol. The fourth-order valence-corrected chi connectivity index (χ4v) is 0.689. The van der Waals surface area contributed by atoms with Crippen LogP contribution in [-0.4, -0.2) is 34.8 Å². The van der Waals surface area contributed by atoms with E-state index in [1.165, 1.54) is 7.05 Å². The Morgan fingerprint density at radius 3 is 2.47 bits per heavy atom. The molecule has 0 aromatic carbocycles. The first kappa shape index (κ1) is 11.3. The van der Waals surface area contributed by atoms with Gasteiger partial charge in [0.15, 0.2) is 0 Å². The third-order valence-electron chi connectivity index (χ3n) is 1.27. The summed E-state index contributed by atoms with van der Waals surface area (Å²) in [6.45, 7) is 0. The number of anilines is 2. The maximum Gasteiger partial charge on any atom is 0.325 e. The lowest BCUT2D eigenvalue weighted by atomic mass is 10.7. The fourth-order valence-electron chi connectivity index (χ4n) is 0.689. The highest BCUT2D eigenvalue weighted by Crippen LogP contribution is 2.13. The summed E-state index contributed by atoms with van der Waals surface area (Å²) in [6, 6.07) is -0.598. The molecule has 1 heterocycles. The molecule has 0 spiro atoms. The van der Waals surface area contributed by atoms with Gasteiger partial charge in [0.05, 0.1) is 0 Å².